The number of pyridine rings is 1. The highest BCUT2D eigenvalue weighted by Gasteiger charge is 2.27. The Morgan fingerprint density at radius 2 is 1.68 bits per heavy atom. The van der Waals surface area contributed by atoms with E-state index in [1.807, 2.05) is 36.4 Å². The van der Waals surface area contributed by atoms with Crippen LogP contribution in [0.2, 0.25) is 0 Å². The first kappa shape index (κ1) is 22.0. The molecule has 2 aliphatic rings. The molecule has 2 fully saturated rings. The Bertz CT molecular complexity index is 910. The fraction of sp³-hybridized carbons (Fsp3) is 0.500. The van der Waals surface area contributed by atoms with Crippen molar-refractivity contribution in [3.8, 4) is 5.75 Å². The number of hydrogen-bond acceptors (Lipinski definition) is 7. The normalized spacial score (nSPS) is 18.8. The molecular formula is C22H30N4O4S. The summed E-state index contributed by atoms with van der Waals surface area (Å²) in [6.45, 7) is 7.05. The summed E-state index contributed by atoms with van der Waals surface area (Å²) in [4.78, 5) is 9.34. The van der Waals surface area contributed by atoms with Crippen LogP contribution in [0.1, 0.15) is 6.42 Å². The van der Waals surface area contributed by atoms with Crippen molar-refractivity contribution in [2.45, 2.75) is 11.3 Å². The van der Waals surface area contributed by atoms with Crippen molar-refractivity contribution in [2.24, 2.45) is 0 Å². The molecule has 4 rings (SSSR count). The Balaban J connectivity index is 1.22. The molecule has 0 spiro atoms. The summed E-state index contributed by atoms with van der Waals surface area (Å²) < 4.78 is 37.9. The van der Waals surface area contributed by atoms with Crippen LogP contribution in [0.3, 0.4) is 0 Å². The van der Waals surface area contributed by atoms with Gasteiger partial charge in [0.05, 0.1) is 19.8 Å². The zero-order valence-electron chi connectivity index (χ0n) is 17.7. The number of nitrogens with zero attached hydrogens (tertiary/aromatic N) is 4. The molecule has 1 aromatic heterocycles. The Morgan fingerprint density at radius 3 is 2.35 bits per heavy atom. The lowest BCUT2D eigenvalue weighted by molar-refractivity contribution is 0.0730. The molecule has 3 heterocycles. The molecule has 2 saturated heterocycles. The average Bonchev–Trinajstić information content (AvgIpc) is 2.83. The van der Waals surface area contributed by atoms with Crippen molar-refractivity contribution in [3.63, 3.8) is 0 Å². The van der Waals surface area contributed by atoms with Gasteiger partial charge in [0, 0.05) is 52.0 Å². The number of ether oxygens (including phenoxy) is 2. The Hall–Kier alpha value is -2.20. The van der Waals surface area contributed by atoms with E-state index in [9.17, 15) is 8.42 Å². The van der Waals surface area contributed by atoms with E-state index in [1.165, 1.54) is 10.5 Å². The van der Waals surface area contributed by atoms with Gasteiger partial charge in [-0.2, -0.15) is 4.31 Å². The molecule has 0 atom stereocenters. The molecule has 0 N–H and O–H groups in total. The minimum Gasteiger partial charge on any atom is -0.494 e. The highest BCUT2D eigenvalue weighted by molar-refractivity contribution is 7.89. The van der Waals surface area contributed by atoms with E-state index < -0.39 is 10.0 Å². The molecular weight excluding hydrogens is 416 g/mol. The van der Waals surface area contributed by atoms with Crippen LogP contribution in [0, 0.1) is 0 Å². The maximum absolute atomic E-state index is 12.7. The van der Waals surface area contributed by atoms with Gasteiger partial charge in [-0.25, -0.2) is 13.4 Å². The van der Waals surface area contributed by atoms with Crippen LogP contribution in [-0.4, -0.2) is 88.2 Å². The lowest BCUT2D eigenvalue weighted by Crippen LogP contribution is -2.47. The maximum atomic E-state index is 12.7. The summed E-state index contributed by atoms with van der Waals surface area (Å²) in [6, 6.07) is 13.4. The van der Waals surface area contributed by atoms with E-state index in [0.717, 1.165) is 50.7 Å². The zero-order chi connectivity index (χ0) is 21.5. The largest absolute Gasteiger partial charge is 0.494 e. The first-order chi connectivity index (χ1) is 15.1. The fourth-order valence-electron chi connectivity index (χ4n) is 3.84. The zero-order valence-corrected chi connectivity index (χ0v) is 18.5. The second-order valence-electron chi connectivity index (χ2n) is 7.71. The first-order valence-corrected chi connectivity index (χ1v) is 12.3. The number of anilines is 1. The van der Waals surface area contributed by atoms with Gasteiger partial charge in [-0.1, -0.05) is 18.2 Å². The molecule has 8 nitrogen and oxygen atoms in total. The predicted molar refractivity (Wildman–Crippen MR) is 119 cm³/mol. The number of morpholine rings is 1. The van der Waals surface area contributed by atoms with Gasteiger partial charge in [0.25, 0.3) is 0 Å². The van der Waals surface area contributed by atoms with Gasteiger partial charge in [0.1, 0.15) is 16.5 Å². The van der Waals surface area contributed by atoms with Crippen LogP contribution in [-0.2, 0) is 14.8 Å². The topological polar surface area (TPSA) is 75.2 Å². The number of hydrogen-bond donors (Lipinski definition) is 0. The van der Waals surface area contributed by atoms with E-state index in [-0.39, 0.29) is 4.90 Å². The number of piperazine rings is 1. The molecule has 31 heavy (non-hydrogen) atoms. The standard InChI is InChI=1S/C22H30N4O4S/c27-31(28,26-14-17-29-18-15-26)21-7-8-22(23-19-21)25-12-10-24(11-13-25)9-4-16-30-20-5-2-1-3-6-20/h1-3,5-8,19H,4,9-18H2. The van der Waals surface area contributed by atoms with E-state index in [1.54, 1.807) is 6.07 Å². The van der Waals surface area contributed by atoms with Crippen molar-refractivity contribution in [1.29, 1.82) is 0 Å². The maximum Gasteiger partial charge on any atom is 0.244 e. The first-order valence-electron chi connectivity index (χ1n) is 10.8. The highest BCUT2D eigenvalue weighted by atomic mass is 32.2. The summed E-state index contributed by atoms with van der Waals surface area (Å²) in [5.41, 5.74) is 0. The van der Waals surface area contributed by atoms with Crippen LogP contribution in [0.4, 0.5) is 5.82 Å². The van der Waals surface area contributed by atoms with Gasteiger partial charge < -0.3 is 14.4 Å². The molecule has 1 aromatic carbocycles. The van der Waals surface area contributed by atoms with Crippen molar-refractivity contribution >= 4 is 15.8 Å². The van der Waals surface area contributed by atoms with Gasteiger partial charge >= 0.3 is 0 Å². The molecule has 0 unspecified atom stereocenters. The molecule has 0 radical (unpaired) electrons. The van der Waals surface area contributed by atoms with Crippen molar-refractivity contribution in [3.05, 3.63) is 48.7 Å². The van der Waals surface area contributed by atoms with Crippen molar-refractivity contribution in [1.82, 2.24) is 14.2 Å². The number of rotatable bonds is 8. The lowest BCUT2D eigenvalue weighted by Gasteiger charge is -2.35. The second kappa shape index (κ2) is 10.4. The van der Waals surface area contributed by atoms with E-state index >= 15 is 0 Å². The third kappa shape index (κ3) is 5.74. The number of aromatic nitrogens is 1. The third-order valence-corrected chi connectivity index (χ3v) is 7.54. The molecule has 2 aromatic rings. The molecule has 0 aliphatic carbocycles. The van der Waals surface area contributed by atoms with Gasteiger partial charge in [-0.05, 0) is 30.7 Å². The number of para-hydroxylation sites is 1. The number of benzene rings is 1. The fourth-order valence-corrected chi connectivity index (χ4v) is 5.20. The summed E-state index contributed by atoms with van der Waals surface area (Å²) in [5, 5.41) is 0. The highest BCUT2D eigenvalue weighted by Crippen LogP contribution is 2.20. The summed E-state index contributed by atoms with van der Waals surface area (Å²) in [5.74, 6) is 1.74. The minimum atomic E-state index is -3.50. The van der Waals surface area contributed by atoms with Crippen LogP contribution < -0.4 is 9.64 Å². The van der Waals surface area contributed by atoms with Crippen LogP contribution in [0.25, 0.3) is 0 Å². The van der Waals surface area contributed by atoms with E-state index in [2.05, 4.69) is 14.8 Å². The molecule has 0 amide bonds. The number of sulfonamides is 1. The van der Waals surface area contributed by atoms with Crippen molar-refractivity contribution in [2.75, 3.05) is 70.5 Å². The van der Waals surface area contributed by atoms with Gasteiger partial charge in [0.15, 0.2) is 0 Å². The minimum absolute atomic E-state index is 0.246. The van der Waals surface area contributed by atoms with Crippen molar-refractivity contribution < 1.29 is 17.9 Å². The third-order valence-electron chi connectivity index (χ3n) is 5.66. The second-order valence-corrected chi connectivity index (χ2v) is 9.65. The van der Waals surface area contributed by atoms with E-state index in [0.29, 0.717) is 32.9 Å². The average molecular weight is 447 g/mol. The summed E-state index contributed by atoms with van der Waals surface area (Å²) in [7, 11) is -3.50. The molecule has 0 saturated carbocycles. The smallest absolute Gasteiger partial charge is 0.244 e. The summed E-state index contributed by atoms with van der Waals surface area (Å²) in [6.07, 6.45) is 2.47. The molecule has 0 bridgehead atoms. The van der Waals surface area contributed by atoms with Gasteiger partial charge in [-0.3, -0.25) is 4.90 Å². The van der Waals surface area contributed by atoms with Gasteiger partial charge in [-0.15, -0.1) is 0 Å². The Morgan fingerprint density at radius 1 is 0.935 bits per heavy atom. The Kier molecular flexibility index (Phi) is 7.39. The molecule has 9 heteroatoms. The van der Waals surface area contributed by atoms with Crippen LogP contribution in [0.15, 0.2) is 53.6 Å². The molecule has 2 aliphatic heterocycles. The van der Waals surface area contributed by atoms with Gasteiger partial charge in [0.2, 0.25) is 10.0 Å². The van der Waals surface area contributed by atoms with E-state index in [4.69, 9.17) is 9.47 Å². The lowest BCUT2D eigenvalue weighted by atomic mass is 10.3. The SMILES string of the molecule is O=S(=O)(c1ccc(N2CCN(CCCOc3ccccc3)CC2)nc1)N1CCOCC1. The van der Waals surface area contributed by atoms with Crippen LogP contribution in [0.5, 0.6) is 5.75 Å². The quantitative estimate of drug-likeness (QED) is 0.571. The van der Waals surface area contributed by atoms with Crippen LogP contribution >= 0.6 is 0 Å². The summed E-state index contributed by atoms with van der Waals surface area (Å²) >= 11 is 0. The predicted octanol–water partition coefficient (Wildman–Crippen LogP) is 1.69. The monoisotopic (exact) mass is 446 g/mol. The molecule has 168 valence electrons. The Labute approximate surface area is 184 Å².